The van der Waals surface area contributed by atoms with E-state index in [1.165, 1.54) is 50.5 Å². The molecule has 2 unspecified atom stereocenters. The summed E-state index contributed by atoms with van der Waals surface area (Å²) >= 11 is 0. The van der Waals surface area contributed by atoms with Gasteiger partial charge in [0.2, 0.25) is 0 Å². The second-order valence-electron chi connectivity index (χ2n) is 9.36. The van der Waals surface area contributed by atoms with Gasteiger partial charge in [-0.15, -0.1) is 0 Å². The fourth-order valence-corrected chi connectivity index (χ4v) is 4.00. The number of aromatic nitrogens is 2. The third-order valence-electron chi connectivity index (χ3n) is 6.25. The minimum absolute atomic E-state index is 0.263. The SMILES string of the molecule is CCCCCCCCCc1cnc(-c2ccc(OCCC(F)CCC(F)CCCC)cc2)nc1. The van der Waals surface area contributed by atoms with Gasteiger partial charge in [0.05, 0.1) is 6.61 Å². The molecule has 1 aromatic heterocycles. The lowest BCUT2D eigenvalue weighted by atomic mass is 10.1. The number of alkyl halides is 2. The zero-order valence-electron chi connectivity index (χ0n) is 21.3. The Kier molecular flexibility index (Phi) is 14.4. The van der Waals surface area contributed by atoms with E-state index in [4.69, 9.17) is 4.74 Å². The lowest BCUT2D eigenvalue weighted by Crippen LogP contribution is -2.10. The molecule has 0 spiro atoms. The van der Waals surface area contributed by atoms with Crippen LogP contribution >= 0.6 is 0 Å². The fraction of sp³-hybridized carbons (Fsp3) is 0.655. The van der Waals surface area contributed by atoms with Gasteiger partial charge < -0.3 is 4.74 Å². The van der Waals surface area contributed by atoms with Gasteiger partial charge >= 0.3 is 0 Å². The van der Waals surface area contributed by atoms with Crippen molar-refractivity contribution in [1.29, 1.82) is 0 Å². The number of unbranched alkanes of at least 4 members (excludes halogenated alkanes) is 7. The van der Waals surface area contributed by atoms with Gasteiger partial charge in [0.25, 0.3) is 0 Å². The van der Waals surface area contributed by atoms with E-state index < -0.39 is 12.3 Å². The molecule has 1 heterocycles. The predicted octanol–water partition coefficient (Wildman–Crippen LogP) is 8.85. The van der Waals surface area contributed by atoms with Crippen LogP contribution in [0.1, 0.15) is 103 Å². The summed E-state index contributed by atoms with van der Waals surface area (Å²) in [6, 6.07) is 7.57. The van der Waals surface area contributed by atoms with E-state index in [9.17, 15) is 8.78 Å². The first-order valence-corrected chi connectivity index (χ1v) is 13.4. The number of nitrogens with zero attached hydrogens (tertiary/aromatic N) is 2. The molecule has 2 rings (SSSR count). The quantitative estimate of drug-likeness (QED) is 0.191. The summed E-state index contributed by atoms with van der Waals surface area (Å²) in [6.07, 6.45) is 15.3. The number of benzene rings is 1. The molecule has 3 nitrogen and oxygen atoms in total. The molecule has 34 heavy (non-hydrogen) atoms. The van der Waals surface area contributed by atoms with E-state index in [0.29, 0.717) is 24.4 Å². The van der Waals surface area contributed by atoms with Crippen LogP contribution in [0.2, 0.25) is 0 Å². The van der Waals surface area contributed by atoms with Crippen molar-refractivity contribution in [3.05, 3.63) is 42.2 Å². The highest BCUT2D eigenvalue weighted by Gasteiger charge is 2.12. The monoisotopic (exact) mass is 474 g/mol. The van der Waals surface area contributed by atoms with E-state index in [0.717, 1.165) is 24.8 Å². The predicted molar refractivity (Wildman–Crippen MR) is 138 cm³/mol. The molecule has 0 radical (unpaired) electrons. The Morgan fingerprint density at radius 2 is 1.29 bits per heavy atom. The van der Waals surface area contributed by atoms with Gasteiger partial charge in [-0.1, -0.05) is 65.2 Å². The van der Waals surface area contributed by atoms with Crippen LogP contribution in [0.5, 0.6) is 5.75 Å². The largest absolute Gasteiger partial charge is 0.493 e. The topological polar surface area (TPSA) is 35.0 Å². The zero-order chi connectivity index (χ0) is 24.4. The van der Waals surface area contributed by atoms with Crippen LogP contribution in [-0.2, 0) is 6.42 Å². The summed E-state index contributed by atoms with van der Waals surface area (Å²) in [5.41, 5.74) is 2.11. The van der Waals surface area contributed by atoms with Crippen LogP contribution in [0.4, 0.5) is 8.78 Å². The molecule has 0 saturated heterocycles. The highest BCUT2D eigenvalue weighted by Crippen LogP contribution is 2.21. The van der Waals surface area contributed by atoms with Crippen LogP contribution in [0.15, 0.2) is 36.7 Å². The smallest absolute Gasteiger partial charge is 0.159 e. The number of hydrogen-bond acceptors (Lipinski definition) is 3. The van der Waals surface area contributed by atoms with E-state index in [1.807, 2.05) is 43.6 Å². The average molecular weight is 475 g/mol. The maximum atomic E-state index is 14.0. The minimum Gasteiger partial charge on any atom is -0.493 e. The molecule has 0 aliphatic heterocycles. The second-order valence-corrected chi connectivity index (χ2v) is 9.36. The Morgan fingerprint density at radius 1 is 0.706 bits per heavy atom. The molecular weight excluding hydrogens is 430 g/mol. The molecule has 0 aliphatic carbocycles. The molecule has 190 valence electrons. The minimum atomic E-state index is -1.02. The first-order valence-electron chi connectivity index (χ1n) is 13.4. The van der Waals surface area contributed by atoms with E-state index >= 15 is 0 Å². The molecule has 0 fully saturated rings. The fourth-order valence-electron chi connectivity index (χ4n) is 4.00. The summed E-state index contributed by atoms with van der Waals surface area (Å²) in [5, 5.41) is 0. The van der Waals surface area contributed by atoms with Gasteiger partial charge in [-0.25, -0.2) is 18.7 Å². The first kappa shape index (κ1) is 28.2. The molecule has 5 heteroatoms. The van der Waals surface area contributed by atoms with Gasteiger partial charge in [-0.2, -0.15) is 0 Å². The Hall–Kier alpha value is -2.04. The van der Waals surface area contributed by atoms with Crippen molar-refractivity contribution in [2.24, 2.45) is 0 Å². The van der Waals surface area contributed by atoms with Crippen LogP contribution in [0.25, 0.3) is 11.4 Å². The zero-order valence-corrected chi connectivity index (χ0v) is 21.3. The molecule has 0 bridgehead atoms. The van der Waals surface area contributed by atoms with Crippen LogP contribution in [0, 0.1) is 0 Å². The summed E-state index contributed by atoms with van der Waals surface area (Å²) in [7, 11) is 0. The Labute approximate surface area is 205 Å². The molecule has 0 aliphatic rings. The number of halogens is 2. The standard InChI is InChI=1S/C29H44F2N2O/c1-3-5-7-8-9-10-11-12-24-22-32-29(33-23-24)25-14-18-28(19-15-25)34-21-20-27(31)17-16-26(30)13-6-4-2/h14-15,18-19,22-23,26-27H,3-13,16-17,20-21H2,1-2H3. The van der Waals surface area contributed by atoms with E-state index in [-0.39, 0.29) is 19.4 Å². The number of aryl methyl sites for hydroxylation is 1. The highest BCUT2D eigenvalue weighted by atomic mass is 19.1. The lowest BCUT2D eigenvalue weighted by Gasteiger charge is -2.12. The number of ether oxygens (including phenoxy) is 1. The third-order valence-corrected chi connectivity index (χ3v) is 6.25. The second kappa shape index (κ2) is 17.4. The van der Waals surface area contributed by atoms with Crippen LogP contribution in [0.3, 0.4) is 0 Å². The van der Waals surface area contributed by atoms with Crippen molar-refractivity contribution in [2.75, 3.05) is 6.61 Å². The molecule has 0 N–H and O–H groups in total. The lowest BCUT2D eigenvalue weighted by molar-refractivity contribution is 0.199. The van der Waals surface area contributed by atoms with Gasteiger partial charge in [-0.05, 0) is 61.9 Å². The Morgan fingerprint density at radius 3 is 1.94 bits per heavy atom. The van der Waals surface area contributed by atoms with Gasteiger partial charge in [0.1, 0.15) is 18.1 Å². The van der Waals surface area contributed by atoms with Crippen LogP contribution in [-0.4, -0.2) is 28.9 Å². The van der Waals surface area contributed by atoms with Gasteiger partial charge in [-0.3, -0.25) is 0 Å². The molecule has 0 amide bonds. The summed E-state index contributed by atoms with van der Waals surface area (Å²) in [5.74, 6) is 1.39. The Balaban J connectivity index is 1.66. The molecule has 1 aromatic carbocycles. The Bertz CT molecular complexity index is 752. The van der Waals surface area contributed by atoms with Crippen molar-refractivity contribution >= 4 is 0 Å². The molecule has 2 aromatic rings. The summed E-state index contributed by atoms with van der Waals surface area (Å²) in [4.78, 5) is 9.05. The number of rotatable bonds is 19. The normalized spacial score (nSPS) is 13.1. The average Bonchev–Trinajstić information content (AvgIpc) is 2.86. The van der Waals surface area contributed by atoms with Crippen molar-refractivity contribution in [3.8, 4) is 17.1 Å². The van der Waals surface area contributed by atoms with Gasteiger partial charge in [0, 0.05) is 24.4 Å². The molecule has 2 atom stereocenters. The summed E-state index contributed by atoms with van der Waals surface area (Å²) < 4.78 is 33.3. The summed E-state index contributed by atoms with van der Waals surface area (Å²) in [6.45, 7) is 4.57. The van der Waals surface area contributed by atoms with E-state index in [2.05, 4.69) is 16.9 Å². The number of hydrogen-bond donors (Lipinski definition) is 0. The van der Waals surface area contributed by atoms with Crippen molar-refractivity contribution in [3.63, 3.8) is 0 Å². The van der Waals surface area contributed by atoms with Crippen molar-refractivity contribution < 1.29 is 13.5 Å². The van der Waals surface area contributed by atoms with Crippen molar-refractivity contribution in [2.45, 2.75) is 116 Å². The van der Waals surface area contributed by atoms with Gasteiger partial charge in [0.15, 0.2) is 5.82 Å². The van der Waals surface area contributed by atoms with Crippen molar-refractivity contribution in [1.82, 2.24) is 9.97 Å². The third kappa shape index (κ3) is 11.9. The maximum Gasteiger partial charge on any atom is 0.159 e. The van der Waals surface area contributed by atoms with E-state index in [1.54, 1.807) is 0 Å². The maximum absolute atomic E-state index is 14.0. The molecular formula is C29H44F2N2O. The first-order chi connectivity index (χ1) is 16.6. The molecule has 0 saturated carbocycles. The van der Waals surface area contributed by atoms with Crippen LogP contribution < -0.4 is 4.74 Å². The highest BCUT2D eigenvalue weighted by molar-refractivity contribution is 5.55.